The molecule has 0 fully saturated rings. The van der Waals surface area contributed by atoms with Crippen LogP contribution in [0.5, 0.6) is 5.75 Å². The molecule has 0 aliphatic carbocycles. The number of aromatic amines is 1. The molecule has 3 aromatic heterocycles. The van der Waals surface area contributed by atoms with Crippen LogP contribution >= 0.6 is 23.2 Å². The van der Waals surface area contributed by atoms with Gasteiger partial charge in [0.1, 0.15) is 17.1 Å². The molecule has 0 bridgehead atoms. The third-order valence-electron chi connectivity index (χ3n) is 4.26. The maximum Gasteiger partial charge on any atom is 0.267 e. The van der Waals surface area contributed by atoms with Crippen molar-refractivity contribution in [2.24, 2.45) is 11.5 Å². The molecule has 4 rings (SSSR count). The fourth-order valence-corrected chi connectivity index (χ4v) is 3.44. The molecule has 1 aromatic carbocycles. The zero-order valence-corrected chi connectivity index (χ0v) is 16.3. The number of carbonyl (C=O) groups excluding carboxylic acids is 1. The number of aromatic nitrogens is 4. The average molecular weight is 429 g/mol. The predicted molar refractivity (Wildman–Crippen MR) is 110 cm³/mol. The first kappa shape index (κ1) is 19.1. The second-order valence-corrected chi connectivity index (χ2v) is 6.95. The van der Waals surface area contributed by atoms with Gasteiger partial charge in [-0.15, -0.1) is 0 Å². The van der Waals surface area contributed by atoms with E-state index in [9.17, 15) is 4.79 Å². The smallest absolute Gasteiger partial charge is 0.267 e. The van der Waals surface area contributed by atoms with Crippen molar-refractivity contribution in [3.05, 3.63) is 70.2 Å². The SMILES string of the molecule is NC(=O)c1ccc(-c2n[nH]c3ccc(O[C@H](N)c4c(Cl)cncc4Cl)cc23)cn1. The van der Waals surface area contributed by atoms with Crippen molar-refractivity contribution in [2.45, 2.75) is 6.23 Å². The number of ether oxygens (including phenoxy) is 1. The third kappa shape index (κ3) is 3.73. The second kappa shape index (κ2) is 7.67. The van der Waals surface area contributed by atoms with Crippen molar-refractivity contribution in [1.82, 2.24) is 20.2 Å². The molecule has 8 nitrogen and oxygen atoms in total. The van der Waals surface area contributed by atoms with Crippen LogP contribution < -0.4 is 16.2 Å². The summed E-state index contributed by atoms with van der Waals surface area (Å²) in [6, 6.07) is 8.62. The van der Waals surface area contributed by atoms with Crippen LogP contribution in [-0.4, -0.2) is 26.1 Å². The zero-order valence-electron chi connectivity index (χ0n) is 14.8. The number of rotatable bonds is 5. The van der Waals surface area contributed by atoms with Crippen LogP contribution in [0.3, 0.4) is 0 Å². The highest BCUT2D eigenvalue weighted by Gasteiger charge is 2.17. The lowest BCUT2D eigenvalue weighted by molar-refractivity contribution is 0.0995. The van der Waals surface area contributed by atoms with E-state index in [0.717, 1.165) is 10.9 Å². The van der Waals surface area contributed by atoms with Crippen LogP contribution in [0.2, 0.25) is 10.0 Å². The molecule has 0 aliphatic heterocycles. The third-order valence-corrected chi connectivity index (χ3v) is 4.86. The van der Waals surface area contributed by atoms with Crippen LogP contribution in [0.25, 0.3) is 22.2 Å². The molecule has 5 N–H and O–H groups in total. The summed E-state index contributed by atoms with van der Waals surface area (Å²) in [5, 5.41) is 8.69. The number of nitrogens with one attached hydrogen (secondary N) is 1. The number of halogens is 2. The number of amides is 1. The van der Waals surface area contributed by atoms with Crippen LogP contribution in [0, 0.1) is 0 Å². The molecule has 1 atom stereocenters. The standard InChI is InChI=1S/C19H14Cl2N6O2/c20-12-7-24-8-13(21)16(12)19(23)29-10-2-4-14-11(5-10)17(27-26-14)9-1-3-15(18(22)28)25-6-9/h1-8,19H,23H2,(H2,22,28)(H,26,27)/t19-/m0/s1. The van der Waals surface area contributed by atoms with Crippen LogP contribution in [0.15, 0.2) is 48.9 Å². The van der Waals surface area contributed by atoms with Crippen molar-refractivity contribution in [2.75, 3.05) is 0 Å². The Balaban J connectivity index is 1.67. The first-order valence-electron chi connectivity index (χ1n) is 8.39. The normalized spacial score (nSPS) is 12.1. The van der Waals surface area contributed by atoms with Gasteiger partial charge in [0, 0.05) is 35.1 Å². The molecule has 146 valence electrons. The average Bonchev–Trinajstić information content (AvgIpc) is 3.11. The van der Waals surface area contributed by atoms with Crippen molar-refractivity contribution in [3.63, 3.8) is 0 Å². The van der Waals surface area contributed by atoms with Crippen molar-refractivity contribution < 1.29 is 9.53 Å². The number of nitrogens with zero attached hydrogens (tertiary/aromatic N) is 3. The van der Waals surface area contributed by atoms with Gasteiger partial charge in [0.2, 0.25) is 0 Å². The molecule has 0 saturated carbocycles. The summed E-state index contributed by atoms with van der Waals surface area (Å²) in [6.07, 6.45) is 3.55. The molecule has 29 heavy (non-hydrogen) atoms. The number of hydrogen-bond donors (Lipinski definition) is 3. The molecule has 0 aliphatic rings. The number of primary amides is 1. The summed E-state index contributed by atoms with van der Waals surface area (Å²) < 4.78 is 5.84. The number of hydrogen-bond acceptors (Lipinski definition) is 6. The maximum absolute atomic E-state index is 11.2. The number of pyridine rings is 2. The summed E-state index contributed by atoms with van der Waals surface area (Å²) >= 11 is 12.3. The summed E-state index contributed by atoms with van der Waals surface area (Å²) in [6.45, 7) is 0. The molecule has 4 aromatic rings. The molecule has 0 radical (unpaired) electrons. The lowest BCUT2D eigenvalue weighted by Crippen LogP contribution is -2.18. The molecule has 3 heterocycles. The number of fused-ring (bicyclic) bond motifs is 1. The molecule has 0 spiro atoms. The summed E-state index contributed by atoms with van der Waals surface area (Å²) in [4.78, 5) is 19.2. The Morgan fingerprint density at radius 1 is 1.10 bits per heavy atom. The quantitative estimate of drug-likeness (QED) is 0.416. The van der Waals surface area contributed by atoms with Gasteiger partial charge in [0.15, 0.2) is 6.23 Å². The van der Waals surface area contributed by atoms with E-state index < -0.39 is 12.1 Å². The summed E-state index contributed by atoms with van der Waals surface area (Å²) in [7, 11) is 0. The van der Waals surface area contributed by atoms with E-state index in [-0.39, 0.29) is 5.69 Å². The highest BCUT2D eigenvalue weighted by atomic mass is 35.5. The Morgan fingerprint density at radius 2 is 1.86 bits per heavy atom. The van der Waals surface area contributed by atoms with E-state index in [2.05, 4.69) is 20.2 Å². The lowest BCUT2D eigenvalue weighted by Gasteiger charge is -2.17. The van der Waals surface area contributed by atoms with Gasteiger partial charge in [-0.2, -0.15) is 5.10 Å². The minimum atomic E-state index is -0.887. The fraction of sp³-hybridized carbons (Fsp3) is 0.0526. The van der Waals surface area contributed by atoms with Crippen LogP contribution in [0.4, 0.5) is 0 Å². The summed E-state index contributed by atoms with van der Waals surface area (Å²) in [5.74, 6) is -0.0974. The maximum atomic E-state index is 11.2. The summed E-state index contributed by atoms with van der Waals surface area (Å²) in [5.41, 5.74) is 14.1. The van der Waals surface area contributed by atoms with E-state index in [1.54, 1.807) is 24.3 Å². The largest absolute Gasteiger partial charge is 0.471 e. The number of carbonyl (C=O) groups is 1. The topological polar surface area (TPSA) is 133 Å². The Bertz CT molecular complexity index is 1190. The number of benzene rings is 1. The van der Waals surface area contributed by atoms with Gasteiger partial charge in [-0.05, 0) is 30.3 Å². The van der Waals surface area contributed by atoms with Gasteiger partial charge in [-0.25, -0.2) is 0 Å². The monoisotopic (exact) mass is 428 g/mol. The van der Waals surface area contributed by atoms with E-state index in [4.69, 9.17) is 39.4 Å². The highest BCUT2D eigenvalue weighted by molar-refractivity contribution is 6.35. The van der Waals surface area contributed by atoms with E-state index in [1.165, 1.54) is 18.6 Å². The van der Waals surface area contributed by atoms with Crippen molar-refractivity contribution >= 4 is 40.0 Å². The molecule has 1 amide bonds. The van der Waals surface area contributed by atoms with Crippen molar-refractivity contribution in [1.29, 1.82) is 0 Å². The Morgan fingerprint density at radius 3 is 2.52 bits per heavy atom. The molecule has 10 heteroatoms. The van der Waals surface area contributed by atoms with Crippen LogP contribution in [0.1, 0.15) is 22.3 Å². The molecular weight excluding hydrogens is 415 g/mol. The first-order valence-corrected chi connectivity index (χ1v) is 9.15. The Kier molecular flexibility index (Phi) is 5.06. The number of H-pyrrole nitrogens is 1. The minimum absolute atomic E-state index is 0.176. The molecule has 0 unspecified atom stereocenters. The first-order chi connectivity index (χ1) is 13.9. The van der Waals surface area contributed by atoms with Gasteiger partial charge >= 0.3 is 0 Å². The van der Waals surface area contributed by atoms with E-state index in [0.29, 0.717) is 32.6 Å². The number of nitrogens with two attached hydrogens (primary N) is 2. The molecular formula is C19H14Cl2N6O2. The van der Waals surface area contributed by atoms with Gasteiger partial charge in [0.25, 0.3) is 5.91 Å². The zero-order chi connectivity index (χ0) is 20.5. The van der Waals surface area contributed by atoms with Crippen LogP contribution in [-0.2, 0) is 0 Å². The fourth-order valence-electron chi connectivity index (χ4n) is 2.86. The van der Waals surface area contributed by atoms with E-state index in [1.807, 2.05) is 6.07 Å². The lowest BCUT2D eigenvalue weighted by atomic mass is 10.1. The van der Waals surface area contributed by atoms with Gasteiger partial charge in [-0.1, -0.05) is 23.2 Å². The van der Waals surface area contributed by atoms with Gasteiger partial charge < -0.3 is 10.5 Å². The van der Waals surface area contributed by atoms with Gasteiger partial charge in [0.05, 0.1) is 15.6 Å². The van der Waals surface area contributed by atoms with Gasteiger partial charge in [-0.3, -0.25) is 25.6 Å². The Hall–Kier alpha value is -3.20. The predicted octanol–water partition coefficient (Wildman–Crippen LogP) is 3.46. The Labute approximate surface area is 174 Å². The minimum Gasteiger partial charge on any atom is -0.471 e. The van der Waals surface area contributed by atoms with Crippen molar-refractivity contribution in [3.8, 4) is 17.0 Å². The highest BCUT2D eigenvalue weighted by Crippen LogP contribution is 2.33. The van der Waals surface area contributed by atoms with E-state index >= 15 is 0 Å². The second-order valence-electron chi connectivity index (χ2n) is 6.13. The molecule has 0 saturated heterocycles.